The smallest absolute Gasteiger partial charge is 0.309 e. The Labute approximate surface area is 167 Å². The number of esters is 1. The molecule has 3 rings (SSSR count). The lowest BCUT2D eigenvalue weighted by Gasteiger charge is -2.16. The molecule has 2 unspecified atom stereocenters. The van der Waals surface area contributed by atoms with Gasteiger partial charge in [0, 0.05) is 18.1 Å². The maximum absolute atomic E-state index is 12.2. The van der Waals surface area contributed by atoms with Crippen LogP contribution in [-0.4, -0.2) is 18.3 Å². The summed E-state index contributed by atoms with van der Waals surface area (Å²) in [5.41, 5.74) is 3.99. The Hall–Kier alpha value is -2.94. The molecule has 1 aliphatic carbocycles. The molecule has 0 amide bonds. The van der Waals surface area contributed by atoms with Crippen molar-refractivity contribution < 1.29 is 9.53 Å². The van der Waals surface area contributed by atoms with E-state index in [-0.39, 0.29) is 17.8 Å². The van der Waals surface area contributed by atoms with Crippen LogP contribution in [0.1, 0.15) is 25.3 Å². The van der Waals surface area contributed by atoms with Gasteiger partial charge in [0.05, 0.1) is 12.5 Å². The van der Waals surface area contributed by atoms with Crippen LogP contribution in [0.4, 0.5) is 0 Å². The van der Waals surface area contributed by atoms with Crippen LogP contribution < -0.4 is 0 Å². The van der Waals surface area contributed by atoms with Crippen LogP contribution in [0, 0.1) is 17.2 Å². The molecule has 0 radical (unpaired) electrons. The van der Waals surface area contributed by atoms with Crippen LogP contribution in [0.25, 0.3) is 11.1 Å². The Kier molecular flexibility index (Phi) is 6.96. The Balaban J connectivity index is 1.45. The van der Waals surface area contributed by atoms with Crippen LogP contribution in [0.15, 0.2) is 78.9 Å². The molecule has 3 heteroatoms. The zero-order chi connectivity index (χ0) is 19.8. The van der Waals surface area contributed by atoms with Crippen LogP contribution in [0.3, 0.4) is 0 Å². The summed E-state index contributed by atoms with van der Waals surface area (Å²) in [5.74, 6) is -0.241. The second-order valence-electron chi connectivity index (χ2n) is 7.39. The maximum Gasteiger partial charge on any atom is 0.309 e. The topological polar surface area (TPSA) is 50.2 Å². The normalized spacial score (nSPS) is 16.5. The SMILES string of the molecule is CC(CC(=N)Cc1ccc(-c2ccccc2)cc1)C(=O)OCC1C=CC=CC1. The van der Waals surface area contributed by atoms with Gasteiger partial charge in [-0.1, -0.05) is 85.8 Å². The largest absolute Gasteiger partial charge is 0.465 e. The Bertz CT molecular complexity index is 850. The maximum atomic E-state index is 12.2. The number of hydrogen-bond acceptors (Lipinski definition) is 3. The third-order valence-electron chi connectivity index (χ3n) is 4.94. The highest BCUT2D eigenvalue weighted by molar-refractivity contribution is 5.87. The first-order valence-corrected chi connectivity index (χ1v) is 9.82. The average molecular weight is 373 g/mol. The van der Waals surface area contributed by atoms with Gasteiger partial charge in [-0.05, 0) is 29.5 Å². The summed E-state index contributed by atoms with van der Waals surface area (Å²) in [6.45, 7) is 2.25. The van der Waals surface area contributed by atoms with E-state index in [9.17, 15) is 4.79 Å². The van der Waals surface area contributed by atoms with Gasteiger partial charge in [0.2, 0.25) is 0 Å². The highest BCUT2D eigenvalue weighted by Gasteiger charge is 2.18. The first-order valence-electron chi connectivity index (χ1n) is 9.82. The van der Waals surface area contributed by atoms with Gasteiger partial charge in [-0.3, -0.25) is 4.79 Å². The van der Waals surface area contributed by atoms with E-state index in [1.165, 1.54) is 11.1 Å². The summed E-state index contributed by atoms with van der Waals surface area (Å²) >= 11 is 0. The lowest BCUT2D eigenvalue weighted by molar-refractivity contribution is -0.148. The summed E-state index contributed by atoms with van der Waals surface area (Å²) in [6, 6.07) is 18.5. The van der Waals surface area contributed by atoms with Crippen molar-refractivity contribution in [1.82, 2.24) is 0 Å². The molecule has 1 N–H and O–H groups in total. The second kappa shape index (κ2) is 9.84. The van der Waals surface area contributed by atoms with Gasteiger partial charge in [-0.15, -0.1) is 0 Å². The second-order valence-corrected chi connectivity index (χ2v) is 7.39. The van der Waals surface area contributed by atoms with Crippen LogP contribution >= 0.6 is 0 Å². The van der Waals surface area contributed by atoms with Gasteiger partial charge >= 0.3 is 5.97 Å². The van der Waals surface area contributed by atoms with Crippen molar-refractivity contribution in [2.75, 3.05) is 6.61 Å². The Morgan fingerprint density at radius 1 is 1.07 bits per heavy atom. The number of allylic oxidation sites excluding steroid dienone is 3. The first-order chi connectivity index (χ1) is 13.6. The molecular weight excluding hydrogens is 346 g/mol. The van der Waals surface area contributed by atoms with E-state index in [2.05, 4.69) is 48.6 Å². The Morgan fingerprint density at radius 3 is 2.46 bits per heavy atom. The molecule has 0 heterocycles. The van der Waals surface area contributed by atoms with E-state index in [1.54, 1.807) is 0 Å². The number of ether oxygens (including phenoxy) is 1. The summed E-state index contributed by atoms with van der Waals surface area (Å²) in [5, 5.41) is 8.27. The molecule has 0 spiro atoms. The minimum Gasteiger partial charge on any atom is -0.465 e. The van der Waals surface area contributed by atoms with E-state index in [0.29, 0.717) is 25.2 Å². The lowest BCUT2D eigenvalue weighted by atomic mass is 9.97. The fourth-order valence-electron chi connectivity index (χ4n) is 3.30. The molecule has 1 aliphatic rings. The molecule has 2 atom stereocenters. The molecular formula is C25H27NO2. The minimum absolute atomic E-state index is 0.216. The zero-order valence-corrected chi connectivity index (χ0v) is 16.3. The summed E-state index contributed by atoms with van der Waals surface area (Å²) in [4.78, 5) is 12.2. The van der Waals surface area contributed by atoms with Crippen molar-refractivity contribution in [3.8, 4) is 11.1 Å². The monoisotopic (exact) mass is 373 g/mol. The third-order valence-corrected chi connectivity index (χ3v) is 4.94. The van der Waals surface area contributed by atoms with Crippen molar-refractivity contribution in [2.45, 2.75) is 26.2 Å². The highest BCUT2D eigenvalue weighted by atomic mass is 16.5. The molecule has 0 saturated carbocycles. The molecule has 0 fully saturated rings. The fraction of sp³-hybridized carbons (Fsp3) is 0.280. The van der Waals surface area contributed by atoms with Crippen LogP contribution in [-0.2, 0) is 16.0 Å². The summed E-state index contributed by atoms with van der Waals surface area (Å²) in [6.07, 6.45) is 10.0. The molecule has 0 saturated heterocycles. The summed E-state index contributed by atoms with van der Waals surface area (Å²) < 4.78 is 5.44. The van der Waals surface area contributed by atoms with Gasteiger partial charge < -0.3 is 10.1 Å². The molecule has 3 nitrogen and oxygen atoms in total. The predicted octanol–water partition coefficient (Wildman–Crippen LogP) is 5.62. The van der Waals surface area contributed by atoms with Crippen molar-refractivity contribution >= 4 is 11.7 Å². The van der Waals surface area contributed by atoms with Gasteiger partial charge in [0.25, 0.3) is 0 Å². The number of hydrogen-bond donors (Lipinski definition) is 1. The van der Waals surface area contributed by atoms with Crippen LogP contribution in [0.5, 0.6) is 0 Å². The molecule has 2 aromatic carbocycles. The lowest BCUT2D eigenvalue weighted by Crippen LogP contribution is -2.21. The molecule has 0 bridgehead atoms. The summed E-state index contributed by atoms with van der Waals surface area (Å²) in [7, 11) is 0. The molecule has 0 aromatic heterocycles. The van der Waals surface area contributed by atoms with Gasteiger partial charge in [-0.2, -0.15) is 0 Å². The quantitative estimate of drug-likeness (QED) is 0.482. The van der Waals surface area contributed by atoms with E-state index in [4.69, 9.17) is 10.1 Å². The number of carbonyl (C=O) groups excluding carboxylic acids is 1. The highest BCUT2D eigenvalue weighted by Crippen LogP contribution is 2.20. The third kappa shape index (κ3) is 5.78. The van der Waals surface area contributed by atoms with Crippen molar-refractivity contribution in [1.29, 1.82) is 5.41 Å². The molecule has 144 valence electrons. The standard InChI is InChI=1S/C25H27NO2/c1-19(25(27)28-18-21-8-4-2-5-9-21)16-24(26)17-20-12-14-23(15-13-20)22-10-6-3-7-11-22/h2-8,10-15,19,21,26H,9,16-18H2,1H3. The van der Waals surface area contributed by atoms with Crippen molar-refractivity contribution in [3.05, 3.63) is 84.5 Å². The molecule has 0 aliphatic heterocycles. The molecule has 2 aromatic rings. The van der Waals surface area contributed by atoms with E-state index < -0.39 is 0 Å². The van der Waals surface area contributed by atoms with Gasteiger partial charge in [0.1, 0.15) is 0 Å². The number of rotatable bonds is 8. The molecule has 28 heavy (non-hydrogen) atoms. The van der Waals surface area contributed by atoms with E-state index in [1.807, 2.05) is 37.3 Å². The van der Waals surface area contributed by atoms with E-state index >= 15 is 0 Å². The zero-order valence-electron chi connectivity index (χ0n) is 16.3. The van der Waals surface area contributed by atoms with Crippen molar-refractivity contribution in [3.63, 3.8) is 0 Å². The average Bonchev–Trinajstić information content (AvgIpc) is 2.74. The first kappa shape index (κ1) is 19.8. The van der Waals surface area contributed by atoms with Gasteiger partial charge in [0.15, 0.2) is 0 Å². The van der Waals surface area contributed by atoms with Gasteiger partial charge in [-0.25, -0.2) is 0 Å². The predicted molar refractivity (Wildman–Crippen MR) is 114 cm³/mol. The number of nitrogens with one attached hydrogen (secondary N) is 1. The minimum atomic E-state index is -0.292. The Morgan fingerprint density at radius 2 is 1.79 bits per heavy atom. The van der Waals surface area contributed by atoms with E-state index in [0.717, 1.165) is 12.0 Å². The fourth-order valence-corrected chi connectivity index (χ4v) is 3.30. The number of carbonyl (C=O) groups is 1. The number of benzene rings is 2. The van der Waals surface area contributed by atoms with Crippen LogP contribution in [0.2, 0.25) is 0 Å². The van der Waals surface area contributed by atoms with Crippen molar-refractivity contribution in [2.24, 2.45) is 11.8 Å².